The molecule has 0 aliphatic rings. The van der Waals surface area contributed by atoms with E-state index in [1.807, 2.05) is 0 Å². The topological polar surface area (TPSA) is 72.5 Å². The summed E-state index contributed by atoms with van der Waals surface area (Å²) in [6.45, 7) is -1.38. The van der Waals surface area contributed by atoms with E-state index in [9.17, 15) is 17.6 Å². The van der Waals surface area contributed by atoms with E-state index in [0.29, 0.717) is 5.02 Å². The van der Waals surface area contributed by atoms with Gasteiger partial charge in [-0.05, 0) is 24.3 Å². The SMILES string of the molecule is O=C(NS(=O)(=O)c1ccc(Cl)cc1)OCCF. The molecule has 8 heteroatoms. The Morgan fingerprint density at radius 3 is 2.47 bits per heavy atom. The summed E-state index contributed by atoms with van der Waals surface area (Å²) in [7, 11) is -4.01. The number of nitrogens with one attached hydrogen (secondary N) is 1. The van der Waals surface area contributed by atoms with Gasteiger partial charge < -0.3 is 4.74 Å². The highest BCUT2D eigenvalue weighted by molar-refractivity contribution is 7.90. The van der Waals surface area contributed by atoms with Gasteiger partial charge in [0.2, 0.25) is 0 Å². The second kappa shape index (κ2) is 5.83. The second-order valence-electron chi connectivity index (χ2n) is 2.88. The van der Waals surface area contributed by atoms with Crippen molar-refractivity contribution in [3.8, 4) is 0 Å². The van der Waals surface area contributed by atoms with Crippen LogP contribution in [0, 0.1) is 0 Å². The predicted octanol–water partition coefficient (Wildman–Crippen LogP) is 1.72. The third-order valence-corrected chi connectivity index (χ3v) is 3.23. The largest absolute Gasteiger partial charge is 0.446 e. The minimum Gasteiger partial charge on any atom is -0.446 e. The van der Waals surface area contributed by atoms with Crippen LogP contribution in [0.5, 0.6) is 0 Å². The van der Waals surface area contributed by atoms with Gasteiger partial charge in [-0.2, -0.15) is 0 Å². The fourth-order valence-corrected chi connectivity index (χ4v) is 1.96. The number of amides is 1. The van der Waals surface area contributed by atoms with Crippen molar-refractivity contribution in [2.24, 2.45) is 0 Å². The van der Waals surface area contributed by atoms with Crippen molar-refractivity contribution in [2.45, 2.75) is 4.90 Å². The molecule has 94 valence electrons. The molecule has 0 saturated heterocycles. The molecule has 1 aromatic carbocycles. The number of carbonyl (C=O) groups excluding carboxylic acids is 1. The summed E-state index contributed by atoms with van der Waals surface area (Å²) < 4.78 is 40.7. The molecule has 0 aliphatic heterocycles. The zero-order valence-electron chi connectivity index (χ0n) is 8.52. The van der Waals surface area contributed by atoms with Crippen molar-refractivity contribution in [1.82, 2.24) is 4.72 Å². The monoisotopic (exact) mass is 281 g/mol. The summed E-state index contributed by atoms with van der Waals surface area (Å²) in [6.07, 6.45) is -1.22. The van der Waals surface area contributed by atoms with Crippen molar-refractivity contribution >= 4 is 27.7 Å². The third kappa shape index (κ3) is 4.20. The molecule has 0 bridgehead atoms. The number of carbonyl (C=O) groups is 1. The summed E-state index contributed by atoms with van der Waals surface area (Å²) in [6, 6.07) is 5.19. The second-order valence-corrected chi connectivity index (χ2v) is 5.00. The number of ether oxygens (including phenoxy) is 1. The quantitative estimate of drug-likeness (QED) is 0.912. The summed E-state index contributed by atoms with van der Waals surface area (Å²) in [5.74, 6) is 0. The highest BCUT2D eigenvalue weighted by atomic mass is 35.5. The van der Waals surface area contributed by atoms with Crippen molar-refractivity contribution < 1.29 is 22.3 Å². The highest BCUT2D eigenvalue weighted by Gasteiger charge is 2.18. The zero-order valence-corrected chi connectivity index (χ0v) is 10.1. The van der Waals surface area contributed by atoms with Crippen molar-refractivity contribution in [3.05, 3.63) is 29.3 Å². The molecular formula is C9H9ClFNO4S. The van der Waals surface area contributed by atoms with E-state index < -0.39 is 29.4 Å². The van der Waals surface area contributed by atoms with Crippen LogP contribution in [-0.4, -0.2) is 27.8 Å². The van der Waals surface area contributed by atoms with Crippen LogP contribution in [0.4, 0.5) is 9.18 Å². The molecule has 5 nitrogen and oxygen atoms in total. The lowest BCUT2D eigenvalue weighted by atomic mass is 10.4. The molecule has 0 aromatic heterocycles. The Kier molecular flexibility index (Phi) is 4.71. The smallest absolute Gasteiger partial charge is 0.421 e. The van der Waals surface area contributed by atoms with E-state index in [1.54, 1.807) is 4.72 Å². The molecule has 17 heavy (non-hydrogen) atoms. The molecule has 0 heterocycles. The van der Waals surface area contributed by atoms with Crippen LogP contribution in [0.2, 0.25) is 5.02 Å². The minimum atomic E-state index is -4.01. The Labute approximate surface area is 103 Å². The molecular weight excluding hydrogens is 273 g/mol. The van der Waals surface area contributed by atoms with Gasteiger partial charge in [-0.25, -0.2) is 22.3 Å². The Bertz CT molecular complexity index is 488. The van der Waals surface area contributed by atoms with Crippen molar-refractivity contribution in [3.63, 3.8) is 0 Å². The average Bonchev–Trinajstić information content (AvgIpc) is 2.26. The number of benzene rings is 1. The number of hydrogen-bond donors (Lipinski definition) is 1. The Balaban J connectivity index is 2.75. The fraction of sp³-hybridized carbons (Fsp3) is 0.222. The highest BCUT2D eigenvalue weighted by Crippen LogP contribution is 2.13. The first-order valence-electron chi connectivity index (χ1n) is 4.47. The first-order chi connectivity index (χ1) is 7.95. The number of alkyl halides is 1. The first-order valence-corrected chi connectivity index (χ1v) is 6.33. The summed E-state index contributed by atoms with van der Waals surface area (Å²) >= 11 is 5.59. The van der Waals surface area contributed by atoms with E-state index in [4.69, 9.17) is 11.6 Å². The Hall–Kier alpha value is -1.34. The molecule has 0 radical (unpaired) electrons. The molecule has 0 aliphatic carbocycles. The van der Waals surface area contributed by atoms with Gasteiger partial charge in [-0.15, -0.1) is 0 Å². The molecule has 0 saturated carbocycles. The van der Waals surface area contributed by atoms with Crippen molar-refractivity contribution in [1.29, 1.82) is 0 Å². The lowest BCUT2D eigenvalue weighted by Crippen LogP contribution is -2.31. The van der Waals surface area contributed by atoms with Crippen LogP contribution >= 0.6 is 11.6 Å². The molecule has 0 unspecified atom stereocenters. The Morgan fingerprint density at radius 2 is 1.94 bits per heavy atom. The molecule has 0 atom stereocenters. The van der Waals surface area contributed by atoms with Crippen LogP contribution in [0.25, 0.3) is 0 Å². The molecule has 1 rings (SSSR count). The average molecular weight is 282 g/mol. The predicted molar refractivity (Wildman–Crippen MR) is 59.1 cm³/mol. The van der Waals surface area contributed by atoms with Crippen LogP contribution in [0.1, 0.15) is 0 Å². The van der Waals surface area contributed by atoms with Crippen LogP contribution in [0.15, 0.2) is 29.2 Å². The van der Waals surface area contributed by atoms with Crippen LogP contribution in [0.3, 0.4) is 0 Å². The number of halogens is 2. The van der Waals surface area contributed by atoms with Crippen LogP contribution in [-0.2, 0) is 14.8 Å². The van der Waals surface area contributed by atoms with Gasteiger partial charge >= 0.3 is 6.09 Å². The Morgan fingerprint density at radius 1 is 1.35 bits per heavy atom. The standard InChI is InChI=1S/C9H9ClFNO4S/c10-7-1-3-8(4-2-7)17(14,15)12-9(13)16-6-5-11/h1-4H,5-6H2,(H,12,13). The summed E-state index contributed by atoms with van der Waals surface area (Å²) in [4.78, 5) is 10.8. The van der Waals surface area contributed by atoms with Gasteiger partial charge in [0.05, 0.1) is 4.90 Å². The summed E-state index contributed by atoms with van der Waals surface area (Å²) in [5, 5.41) is 0.365. The van der Waals surface area contributed by atoms with E-state index in [1.165, 1.54) is 24.3 Å². The molecule has 0 spiro atoms. The third-order valence-electron chi connectivity index (χ3n) is 1.65. The number of hydrogen-bond acceptors (Lipinski definition) is 4. The maximum atomic E-state index is 11.7. The van der Waals surface area contributed by atoms with Gasteiger partial charge in [0.25, 0.3) is 10.0 Å². The van der Waals surface area contributed by atoms with Gasteiger partial charge in [0.1, 0.15) is 13.3 Å². The number of sulfonamides is 1. The maximum Gasteiger partial charge on any atom is 0.421 e. The van der Waals surface area contributed by atoms with E-state index in [-0.39, 0.29) is 4.90 Å². The lowest BCUT2D eigenvalue weighted by molar-refractivity contribution is 0.143. The molecule has 1 aromatic rings. The maximum absolute atomic E-state index is 11.7. The fourth-order valence-electron chi connectivity index (χ4n) is 0.943. The summed E-state index contributed by atoms with van der Waals surface area (Å²) in [5.41, 5.74) is 0. The van der Waals surface area contributed by atoms with E-state index in [0.717, 1.165) is 0 Å². The molecule has 1 N–H and O–H groups in total. The molecule has 0 fully saturated rings. The van der Waals surface area contributed by atoms with E-state index >= 15 is 0 Å². The molecule has 1 amide bonds. The van der Waals surface area contributed by atoms with E-state index in [2.05, 4.69) is 4.74 Å². The van der Waals surface area contributed by atoms with Gasteiger partial charge in [-0.1, -0.05) is 11.6 Å². The van der Waals surface area contributed by atoms with Crippen LogP contribution < -0.4 is 4.72 Å². The first kappa shape index (κ1) is 13.7. The van der Waals surface area contributed by atoms with Gasteiger partial charge in [0.15, 0.2) is 0 Å². The zero-order chi connectivity index (χ0) is 12.9. The van der Waals surface area contributed by atoms with Gasteiger partial charge in [-0.3, -0.25) is 0 Å². The van der Waals surface area contributed by atoms with Gasteiger partial charge in [0, 0.05) is 5.02 Å². The lowest BCUT2D eigenvalue weighted by Gasteiger charge is -2.06. The minimum absolute atomic E-state index is 0.140. The normalized spacial score (nSPS) is 10.9. The number of rotatable bonds is 4. The van der Waals surface area contributed by atoms with Crippen molar-refractivity contribution in [2.75, 3.05) is 13.3 Å².